The van der Waals surface area contributed by atoms with E-state index in [0.29, 0.717) is 11.4 Å². The predicted molar refractivity (Wildman–Crippen MR) is 73.7 cm³/mol. The van der Waals surface area contributed by atoms with Gasteiger partial charge in [-0.25, -0.2) is 4.68 Å². The van der Waals surface area contributed by atoms with Crippen LogP contribution in [0.1, 0.15) is 5.56 Å². The summed E-state index contributed by atoms with van der Waals surface area (Å²) in [5, 5.41) is 8.07. The first kappa shape index (κ1) is 11.4. The Morgan fingerprint density at radius 1 is 1.11 bits per heavy atom. The van der Waals surface area contributed by atoms with Gasteiger partial charge in [0.15, 0.2) is 0 Å². The third kappa shape index (κ3) is 1.95. The molecule has 0 radical (unpaired) electrons. The van der Waals surface area contributed by atoms with Gasteiger partial charge in [-0.05, 0) is 30.7 Å². The van der Waals surface area contributed by atoms with Crippen LogP contribution in [0.25, 0.3) is 17.1 Å². The van der Waals surface area contributed by atoms with Gasteiger partial charge in [-0.3, -0.25) is 4.98 Å². The summed E-state index contributed by atoms with van der Waals surface area (Å²) in [5.41, 5.74) is 10.2. The smallest absolute Gasteiger partial charge is 0.115 e. The third-order valence-electron chi connectivity index (χ3n) is 3.00. The molecular weight excluding hydrogens is 238 g/mol. The van der Waals surface area contributed by atoms with E-state index in [1.54, 1.807) is 17.1 Å². The van der Waals surface area contributed by atoms with Crippen LogP contribution in [-0.2, 0) is 0 Å². The van der Waals surface area contributed by atoms with E-state index in [-0.39, 0.29) is 0 Å². The summed E-state index contributed by atoms with van der Waals surface area (Å²) in [5.74, 6) is 0. The molecule has 2 aromatic heterocycles. The van der Waals surface area contributed by atoms with Crippen LogP contribution in [0.5, 0.6) is 0 Å². The lowest BCUT2D eigenvalue weighted by Crippen LogP contribution is -2.03. The second-order valence-electron chi connectivity index (χ2n) is 4.26. The highest BCUT2D eigenvalue weighted by Crippen LogP contribution is 2.26. The molecule has 0 aliphatic carbocycles. The van der Waals surface area contributed by atoms with E-state index in [9.17, 15) is 0 Å². The highest BCUT2D eigenvalue weighted by Gasteiger charge is 2.13. The SMILES string of the molecule is Cc1ccnc(-c2cnnn2-c2ccccc2)c1N. The van der Waals surface area contributed by atoms with Crippen molar-refractivity contribution < 1.29 is 0 Å². The van der Waals surface area contributed by atoms with E-state index in [1.807, 2.05) is 43.3 Å². The Balaban J connectivity index is 2.18. The molecule has 3 rings (SSSR count). The molecule has 2 heterocycles. The minimum atomic E-state index is 0.655. The molecule has 0 aliphatic heterocycles. The summed E-state index contributed by atoms with van der Waals surface area (Å²) in [7, 11) is 0. The fraction of sp³-hybridized carbons (Fsp3) is 0.0714. The van der Waals surface area contributed by atoms with Crippen LogP contribution in [0.3, 0.4) is 0 Å². The first-order valence-corrected chi connectivity index (χ1v) is 5.95. The first-order chi connectivity index (χ1) is 9.27. The van der Waals surface area contributed by atoms with Crippen molar-refractivity contribution in [2.75, 3.05) is 5.73 Å². The highest BCUT2D eigenvalue weighted by atomic mass is 15.4. The number of pyridine rings is 1. The number of hydrogen-bond donors (Lipinski definition) is 1. The minimum absolute atomic E-state index is 0.655. The van der Waals surface area contributed by atoms with Gasteiger partial charge in [0.25, 0.3) is 0 Å². The van der Waals surface area contributed by atoms with Gasteiger partial charge in [0.05, 0.1) is 17.6 Å². The second kappa shape index (κ2) is 4.53. The highest BCUT2D eigenvalue weighted by molar-refractivity contribution is 5.72. The van der Waals surface area contributed by atoms with Gasteiger partial charge in [-0.1, -0.05) is 23.4 Å². The van der Waals surface area contributed by atoms with E-state index in [0.717, 1.165) is 16.9 Å². The summed E-state index contributed by atoms with van der Waals surface area (Å²) in [4.78, 5) is 4.34. The van der Waals surface area contributed by atoms with Crippen molar-refractivity contribution in [3.63, 3.8) is 0 Å². The number of aromatic nitrogens is 4. The van der Waals surface area contributed by atoms with Crippen LogP contribution >= 0.6 is 0 Å². The molecule has 94 valence electrons. The number of benzene rings is 1. The number of anilines is 1. The zero-order valence-corrected chi connectivity index (χ0v) is 10.5. The molecule has 0 bridgehead atoms. The van der Waals surface area contributed by atoms with Crippen molar-refractivity contribution >= 4 is 5.69 Å². The zero-order chi connectivity index (χ0) is 13.2. The van der Waals surface area contributed by atoms with Crippen molar-refractivity contribution in [3.05, 3.63) is 54.4 Å². The van der Waals surface area contributed by atoms with Crippen molar-refractivity contribution in [1.82, 2.24) is 20.0 Å². The molecule has 0 aliphatic rings. The van der Waals surface area contributed by atoms with Crippen molar-refractivity contribution in [1.29, 1.82) is 0 Å². The Bertz CT molecular complexity index is 703. The molecule has 5 heteroatoms. The molecule has 5 nitrogen and oxygen atoms in total. The standard InChI is InChI=1S/C14H13N5/c1-10-7-8-16-14(13(10)15)12-9-17-18-19(12)11-5-3-2-4-6-11/h2-9H,15H2,1H3. The average Bonchev–Trinajstić information content (AvgIpc) is 2.92. The molecule has 0 fully saturated rings. The van der Waals surface area contributed by atoms with E-state index < -0.39 is 0 Å². The van der Waals surface area contributed by atoms with Crippen LogP contribution in [-0.4, -0.2) is 20.0 Å². The van der Waals surface area contributed by atoms with Gasteiger partial charge in [0.2, 0.25) is 0 Å². The molecule has 0 saturated carbocycles. The Hall–Kier alpha value is -2.69. The summed E-state index contributed by atoms with van der Waals surface area (Å²) in [6.45, 7) is 1.96. The lowest BCUT2D eigenvalue weighted by atomic mass is 10.1. The van der Waals surface area contributed by atoms with E-state index in [2.05, 4.69) is 15.3 Å². The zero-order valence-electron chi connectivity index (χ0n) is 10.5. The minimum Gasteiger partial charge on any atom is -0.397 e. The molecule has 0 saturated heterocycles. The number of nitrogen functional groups attached to an aromatic ring is 1. The first-order valence-electron chi connectivity index (χ1n) is 5.95. The quantitative estimate of drug-likeness (QED) is 0.758. The van der Waals surface area contributed by atoms with Crippen LogP contribution in [0, 0.1) is 6.92 Å². The van der Waals surface area contributed by atoms with Crippen LogP contribution < -0.4 is 5.73 Å². The van der Waals surface area contributed by atoms with Gasteiger partial charge >= 0.3 is 0 Å². The lowest BCUT2D eigenvalue weighted by molar-refractivity contribution is 0.806. The van der Waals surface area contributed by atoms with Crippen LogP contribution in [0.4, 0.5) is 5.69 Å². The normalized spacial score (nSPS) is 10.6. The molecule has 0 spiro atoms. The summed E-state index contributed by atoms with van der Waals surface area (Å²) in [6.07, 6.45) is 3.41. The number of nitrogens with zero attached hydrogens (tertiary/aromatic N) is 4. The average molecular weight is 251 g/mol. The van der Waals surface area contributed by atoms with Gasteiger partial charge in [-0.2, -0.15) is 0 Å². The monoisotopic (exact) mass is 251 g/mol. The Morgan fingerprint density at radius 3 is 2.68 bits per heavy atom. The van der Waals surface area contributed by atoms with E-state index in [4.69, 9.17) is 5.73 Å². The largest absolute Gasteiger partial charge is 0.397 e. The molecule has 19 heavy (non-hydrogen) atoms. The Morgan fingerprint density at radius 2 is 1.89 bits per heavy atom. The fourth-order valence-electron chi connectivity index (χ4n) is 1.93. The number of nitrogens with two attached hydrogens (primary N) is 1. The molecule has 2 N–H and O–H groups in total. The second-order valence-corrected chi connectivity index (χ2v) is 4.26. The lowest BCUT2D eigenvalue weighted by Gasteiger charge is -2.09. The van der Waals surface area contributed by atoms with Crippen LogP contribution in [0.15, 0.2) is 48.8 Å². The van der Waals surface area contributed by atoms with Gasteiger partial charge in [0.1, 0.15) is 11.4 Å². The maximum Gasteiger partial charge on any atom is 0.115 e. The molecule has 1 aromatic carbocycles. The van der Waals surface area contributed by atoms with Crippen molar-refractivity contribution in [2.45, 2.75) is 6.92 Å². The molecular formula is C14H13N5. The van der Waals surface area contributed by atoms with Crippen LogP contribution in [0.2, 0.25) is 0 Å². The fourth-order valence-corrected chi connectivity index (χ4v) is 1.93. The number of hydrogen-bond acceptors (Lipinski definition) is 4. The number of para-hydroxylation sites is 1. The Kier molecular flexibility index (Phi) is 2.72. The van der Waals surface area contributed by atoms with E-state index >= 15 is 0 Å². The van der Waals surface area contributed by atoms with Crippen molar-refractivity contribution in [2.24, 2.45) is 0 Å². The third-order valence-corrected chi connectivity index (χ3v) is 3.00. The number of aryl methyl sites for hydroxylation is 1. The molecule has 0 atom stereocenters. The predicted octanol–water partition coefficient (Wildman–Crippen LogP) is 2.22. The Labute approximate surface area is 110 Å². The van der Waals surface area contributed by atoms with Gasteiger partial charge in [-0.15, -0.1) is 5.10 Å². The maximum absolute atomic E-state index is 6.09. The molecule has 0 unspecified atom stereocenters. The maximum atomic E-state index is 6.09. The summed E-state index contributed by atoms with van der Waals surface area (Å²) in [6, 6.07) is 11.7. The number of rotatable bonds is 2. The summed E-state index contributed by atoms with van der Waals surface area (Å²) < 4.78 is 1.73. The van der Waals surface area contributed by atoms with E-state index in [1.165, 1.54) is 0 Å². The summed E-state index contributed by atoms with van der Waals surface area (Å²) >= 11 is 0. The van der Waals surface area contributed by atoms with Gasteiger partial charge in [0, 0.05) is 6.20 Å². The molecule has 3 aromatic rings. The molecule has 0 amide bonds. The van der Waals surface area contributed by atoms with Gasteiger partial charge < -0.3 is 5.73 Å². The topological polar surface area (TPSA) is 69.6 Å². The van der Waals surface area contributed by atoms with Crippen molar-refractivity contribution in [3.8, 4) is 17.1 Å².